The lowest BCUT2D eigenvalue weighted by molar-refractivity contribution is 0.103. The molecule has 1 aromatic heterocycles. The van der Waals surface area contributed by atoms with Crippen LogP contribution in [0.25, 0.3) is 0 Å². The molecule has 0 aliphatic rings. The summed E-state index contributed by atoms with van der Waals surface area (Å²) in [6.07, 6.45) is 0.890. The monoisotopic (exact) mass is 312 g/mol. The summed E-state index contributed by atoms with van der Waals surface area (Å²) in [5.74, 6) is -0.740. The minimum absolute atomic E-state index is 0.123. The summed E-state index contributed by atoms with van der Waals surface area (Å²) in [4.78, 5) is 13.8. The van der Waals surface area contributed by atoms with E-state index in [1.165, 1.54) is 23.5 Å². The molecule has 0 radical (unpaired) electrons. The van der Waals surface area contributed by atoms with Crippen molar-refractivity contribution in [2.75, 3.05) is 0 Å². The van der Waals surface area contributed by atoms with E-state index in [4.69, 9.17) is 0 Å². The third-order valence-electron chi connectivity index (χ3n) is 2.41. The van der Waals surface area contributed by atoms with Gasteiger partial charge in [0.1, 0.15) is 5.82 Å². The summed E-state index contributed by atoms with van der Waals surface area (Å²) in [5.41, 5.74) is 0.123. The van der Waals surface area contributed by atoms with Gasteiger partial charge in [0.2, 0.25) is 5.78 Å². The van der Waals surface area contributed by atoms with Crippen LogP contribution in [0.1, 0.15) is 27.0 Å². The number of carbonyl (C=O) groups is 1. The van der Waals surface area contributed by atoms with Crippen LogP contribution in [0.4, 0.5) is 4.39 Å². The van der Waals surface area contributed by atoms with E-state index < -0.39 is 5.82 Å². The highest BCUT2D eigenvalue weighted by Gasteiger charge is 2.15. The Morgan fingerprint density at radius 2 is 2.12 bits per heavy atom. The lowest BCUT2D eigenvalue weighted by Gasteiger charge is -2.00. The molecule has 2 aromatic rings. The van der Waals surface area contributed by atoms with Crippen molar-refractivity contribution >= 4 is 33.0 Å². The van der Waals surface area contributed by atoms with Crippen LogP contribution in [0.5, 0.6) is 0 Å². The average Bonchev–Trinajstić information content (AvgIpc) is 2.76. The standard InChI is InChI=1S/C13H10BrFOS/c1-2-9-4-6-12(17-9)13(16)10-5-3-8(14)7-11(10)15/h3-7H,2H2,1H3. The van der Waals surface area contributed by atoms with Gasteiger partial charge < -0.3 is 0 Å². The summed E-state index contributed by atoms with van der Waals surface area (Å²) < 4.78 is 14.3. The molecule has 0 N–H and O–H groups in total. The van der Waals surface area contributed by atoms with Crippen molar-refractivity contribution < 1.29 is 9.18 Å². The quantitative estimate of drug-likeness (QED) is 0.766. The molecule has 1 nitrogen and oxygen atoms in total. The van der Waals surface area contributed by atoms with Crippen molar-refractivity contribution in [3.63, 3.8) is 0 Å². The highest BCUT2D eigenvalue weighted by atomic mass is 79.9. The fourth-order valence-corrected chi connectivity index (χ4v) is 2.73. The fourth-order valence-electron chi connectivity index (χ4n) is 1.50. The second-order valence-electron chi connectivity index (χ2n) is 3.57. The second-order valence-corrected chi connectivity index (χ2v) is 5.66. The first-order valence-corrected chi connectivity index (χ1v) is 6.81. The maximum atomic E-state index is 13.6. The van der Waals surface area contributed by atoms with Crippen LogP contribution < -0.4 is 0 Å². The van der Waals surface area contributed by atoms with Gasteiger partial charge in [-0.25, -0.2) is 4.39 Å². The highest BCUT2D eigenvalue weighted by Crippen LogP contribution is 2.23. The second kappa shape index (κ2) is 5.10. The van der Waals surface area contributed by atoms with Gasteiger partial charge in [0, 0.05) is 9.35 Å². The number of thiophene rings is 1. The van der Waals surface area contributed by atoms with Crippen LogP contribution >= 0.6 is 27.3 Å². The van der Waals surface area contributed by atoms with Gasteiger partial charge in [-0.1, -0.05) is 22.9 Å². The molecule has 0 aliphatic heterocycles. The van der Waals surface area contributed by atoms with E-state index in [-0.39, 0.29) is 11.3 Å². The molecular weight excluding hydrogens is 303 g/mol. The van der Waals surface area contributed by atoms with Gasteiger partial charge in [0.25, 0.3) is 0 Å². The van der Waals surface area contributed by atoms with Crippen LogP contribution in [0.2, 0.25) is 0 Å². The molecule has 1 aromatic carbocycles. The summed E-state index contributed by atoms with van der Waals surface area (Å²) >= 11 is 4.59. The Balaban J connectivity index is 2.36. The number of hydrogen-bond donors (Lipinski definition) is 0. The van der Waals surface area contributed by atoms with Crippen molar-refractivity contribution in [3.8, 4) is 0 Å². The van der Waals surface area contributed by atoms with Crippen LogP contribution in [-0.2, 0) is 6.42 Å². The lowest BCUT2D eigenvalue weighted by Crippen LogP contribution is -2.01. The SMILES string of the molecule is CCc1ccc(C(=O)c2ccc(Br)cc2F)s1. The molecule has 88 valence electrons. The summed E-state index contributed by atoms with van der Waals surface area (Å²) in [6, 6.07) is 8.15. The molecular formula is C13H10BrFOS. The number of rotatable bonds is 3. The Morgan fingerprint density at radius 1 is 1.35 bits per heavy atom. The van der Waals surface area contributed by atoms with Gasteiger partial charge in [-0.2, -0.15) is 0 Å². The van der Waals surface area contributed by atoms with Crippen LogP contribution in [0, 0.1) is 5.82 Å². The molecule has 4 heteroatoms. The molecule has 0 amide bonds. The Morgan fingerprint density at radius 3 is 2.71 bits per heavy atom. The molecule has 17 heavy (non-hydrogen) atoms. The average molecular weight is 313 g/mol. The largest absolute Gasteiger partial charge is 0.288 e. The normalized spacial score (nSPS) is 10.5. The number of hydrogen-bond acceptors (Lipinski definition) is 2. The first kappa shape index (κ1) is 12.5. The summed E-state index contributed by atoms with van der Waals surface area (Å²) in [7, 11) is 0. The number of halogens is 2. The van der Waals surface area contributed by atoms with Gasteiger partial charge in [-0.15, -0.1) is 11.3 Å². The van der Waals surface area contributed by atoms with Gasteiger partial charge in [0.15, 0.2) is 0 Å². The minimum atomic E-state index is -0.490. The molecule has 0 saturated heterocycles. The van der Waals surface area contributed by atoms with Gasteiger partial charge in [-0.3, -0.25) is 4.79 Å². The number of aryl methyl sites for hydroxylation is 1. The van der Waals surface area contributed by atoms with E-state index >= 15 is 0 Å². The molecule has 0 fully saturated rings. The predicted molar refractivity (Wildman–Crippen MR) is 71.2 cm³/mol. The van der Waals surface area contributed by atoms with Crippen molar-refractivity contribution in [1.29, 1.82) is 0 Å². The van der Waals surface area contributed by atoms with Gasteiger partial charge in [0.05, 0.1) is 10.4 Å². The molecule has 0 bridgehead atoms. The third kappa shape index (κ3) is 2.64. The Hall–Kier alpha value is -1.00. The summed E-state index contributed by atoms with van der Waals surface area (Å²) in [6.45, 7) is 2.03. The smallest absolute Gasteiger partial charge is 0.205 e. The van der Waals surface area contributed by atoms with Gasteiger partial charge in [-0.05, 0) is 36.8 Å². The molecule has 0 atom stereocenters. The predicted octanol–water partition coefficient (Wildman–Crippen LogP) is 4.44. The Bertz CT molecular complexity index is 562. The Labute approximate surface area is 111 Å². The number of carbonyl (C=O) groups excluding carboxylic acids is 1. The van der Waals surface area contributed by atoms with E-state index in [9.17, 15) is 9.18 Å². The van der Waals surface area contributed by atoms with Crippen LogP contribution in [0.3, 0.4) is 0 Å². The first-order valence-electron chi connectivity index (χ1n) is 5.20. The zero-order valence-corrected chi connectivity index (χ0v) is 11.6. The van der Waals surface area contributed by atoms with Crippen LogP contribution in [-0.4, -0.2) is 5.78 Å². The molecule has 0 saturated carbocycles. The zero-order chi connectivity index (χ0) is 12.4. The molecule has 1 heterocycles. The lowest BCUT2D eigenvalue weighted by atomic mass is 10.1. The van der Waals surface area contributed by atoms with E-state index in [2.05, 4.69) is 15.9 Å². The van der Waals surface area contributed by atoms with Crippen molar-refractivity contribution in [2.24, 2.45) is 0 Å². The summed E-state index contributed by atoms with van der Waals surface area (Å²) in [5, 5.41) is 0. The third-order valence-corrected chi connectivity index (χ3v) is 4.13. The molecule has 0 unspecified atom stereocenters. The topological polar surface area (TPSA) is 17.1 Å². The van der Waals surface area contributed by atoms with E-state index in [1.54, 1.807) is 12.1 Å². The van der Waals surface area contributed by atoms with Crippen molar-refractivity contribution in [2.45, 2.75) is 13.3 Å². The highest BCUT2D eigenvalue weighted by molar-refractivity contribution is 9.10. The number of ketones is 1. The van der Waals surface area contributed by atoms with Crippen molar-refractivity contribution in [1.82, 2.24) is 0 Å². The van der Waals surface area contributed by atoms with E-state index in [1.807, 2.05) is 13.0 Å². The maximum Gasteiger partial charge on any atom is 0.205 e. The van der Waals surface area contributed by atoms with E-state index in [0.717, 1.165) is 11.3 Å². The van der Waals surface area contributed by atoms with E-state index in [0.29, 0.717) is 9.35 Å². The van der Waals surface area contributed by atoms with Crippen molar-refractivity contribution in [3.05, 3.63) is 55.9 Å². The zero-order valence-electron chi connectivity index (χ0n) is 9.17. The van der Waals surface area contributed by atoms with Crippen LogP contribution in [0.15, 0.2) is 34.8 Å². The maximum absolute atomic E-state index is 13.6. The molecule has 2 rings (SSSR count). The van der Waals surface area contributed by atoms with Gasteiger partial charge >= 0.3 is 0 Å². The Kier molecular flexibility index (Phi) is 3.74. The minimum Gasteiger partial charge on any atom is -0.288 e. The number of benzene rings is 1. The first-order chi connectivity index (χ1) is 8.11. The fraction of sp³-hybridized carbons (Fsp3) is 0.154. The molecule has 0 aliphatic carbocycles. The molecule has 0 spiro atoms.